The van der Waals surface area contributed by atoms with Crippen molar-refractivity contribution >= 4 is 15.6 Å². The summed E-state index contributed by atoms with van der Waals surface area (Å²) in [5, 5.41) is -0.879. The van der Waals surface area contributed by atoms with Crippen molar-refractivity contribution < 1.29 is 13.2 Å². The molecular weight excluding hydrogens is 212 g/mol. The van der Waals surface area contributed by atoms with Gasteiger partial charge in [0.15, 0.2) is 9.84 Å². The van der Waals surface area contributed by atoms with Gasteiger partial charge in [0.1, 0.15) is 5.78 Å². The number of carbonyl (C=O) groups is 1. The van der Waals surface area contributed by atoms with Gasteiger partial charge < -0.3 is 0 Å². The average Bonchev–Trinajstić information content (AvgIpc) is 2.16. The lowest BCUT2D eigenvalue weighted by Crippen LogP contribution is -2.54. The maximum Gasteiger partial charge on any atom is 0.157 e. The number of rotatable bonds is 0. The van der Waals surface area contributed by atoms with E-state index in [0.717, 1.165) is 19.3 Å². The molecule has 3 unspecified atom stereocenters. The second-order valence-electron chi connectivity index (χ2n) is 5.18. The lowest BCUT2D eigenvalue weighted by molar-refractivity contribution is -0.130. The van der Waals surface area contributed by atoms with Gasteiger partial charge in [0.25, 0.3) is 0 Å². The molecule has 1 heterocycles. The van der Waals surface area contributed by atoms with Gasteiger partial charge in [-0.05, 0) is 19.8 Å². The van der Waals surface area contributed by atoms with Crippen LogP contribution in [0.4, 0.5) is 0 Å². The molecule has 2 aliphatic rings. The molecule has 0 bridgehead atoms. The topological polar surface area (TPSA) is 51.2 Å². The lowest BCUT2D eigenvalue weighted by atomic mass is 9.71. The number of Topliss-reactive ketones (excluding diaryl/α,β-unsaturated/α-hetero) is 1. The molecule has 0 aromatic rings. The number of sulfone groups is 1. The molecule has 0 aromatic carbocycles. The third kappa shape index (κ3) is 1.45. The summed E-state index contributed by atoms with van der Waals surface area (Å²) in [6.07, 6.45) is 3.58. The first kappa shape index (κ1) is 11.1. The van der Waals surface area contributed by atoms with Gasteiger partial charge in [0, 0.05) is 11.8 Å². The molecule has 0 radical (unpaired) electrons. The fraction of sp³-hybridized carbons (Fsp3) is 0.909. The Hall–Kier alpha value is -0.380. The molecular formula is C11H18O3S. The first-order valence-corrected chi connectivity index (χ1v) is 7.26. The Morgan fingerprint density at radius 2 is 2.00 bits per heavy atom. The molecule has 3 nitrogen and oxygen atoms in total. The Kier molecular flexibility index (Phi) is 2.45. The van der Waals surface area contributed by atoms with Crippen LogP contribution in [0.3, 0.4) is 0 Å². The van der Waals surface area contributed by atoms with Crippen LogP contribution in [-0.4, -0.2) is 24.7 Å². The van der Waals surface area contributed by atoms with E-state index in [1.165, 1.54) is 0 Å². The molecule has 15 heavy (non-hydrogen) atoms. The zero-order chi connectivity index (χ0) is 11.3. The summed E-state index contributed by atoms with van der Waals surface area (Å²) in [5.74, 6) is 0.162. The van der Waals surface area contributed by atoms with Crippen molar-refractivity contribution in [3.8, 4) is 0 Å². The van der Waals surface area contributed by atoms with Crippen molar-refractivity contribution in [1.29, 1.82) is 0 Å². The molecule has 1 saturated carbocycles. The van der Waals surface area contributed by atoms with Crippen molar-refractivity contribution in [3.63, 3.8) is 0 Å². The van der Waals surface area contributed by atoms with Crippen LogP contribution in [0.2, 0.25) is 0 Å². The van der Waals surface area contributed by atoms with Gasteiger partial charge in [-0.25, -0.2) is 8.42 Å². The van der Waals surface area contributed by atoms with E-state index in [2.05, 4.69) is 0 Å². The fourth-order valence-corrected chi connectivity index (χ4v) is 5.45. The smallest absolute Gasteiger partial charge is 0.157 e. The molecule has 0 N–H and O–H groups in total. The predicted molar refractivity (Wildman–Crippen MR) is 58.4 cm³/mol. The Balaban J connectivity index is 2.46. The lowest BCUT2D eigenvalue weighted by Gasteiger charge is -2.44. The Morgan fingerprint density at radius 1 is 1.33 bits per heavy atom. The van der Waals surface area contributed by atoms with Gasteiger partial charge in [-0.3, -0.25) is 4.79 Å². The molecule has 3 atom stereocenters. The standard InChI is InChI=1S/C11H18O3S/c1-8-7-9(12)11(2)6-4-3-5-10(11)15(8,13)14/h8,10H,3-7H2,1-2H3. The highest BCUT2D eigenvalue weighted by atomic mass is 32.2. The zero-order valence-corrected chi connectivity index (χ0v) is 10.1. The zero-order valence-electron chi connectivity index (χ0n) is 9.32. The van der Waals surface area contributed by atoms with Crippen molar-refractivity contribution in [1.82, 2.24) is 0 Å². The van der Waals surface area contributed by atoms with Crippen molar-refractivity contribution in [3.05, 3.63) is 0 Å². The highest BCUT2D eigenvalue weighted by Gasteiger charge is 2.54. The molecule has 1 aliphatic carbocycles. The van der Waals surface area contributed by atoms with E-state index in [4.69, 9.17) is 0 Å². The molecule has 1 saturated heterocycles. The second-order valence-corrected chi connectivity index (χ2v) is 7.73. The quantitative estimate of drug-likeness (QED) is 0.636. The van der Waals surface area contributed by atoms with Gasteiger partial charge in [-0.1, -0.05) is 19.8 Å². The third-order valence-electron chi connectivity index (χ3n) is 4.19. The third-order valence-corrected chi connectivity index (χ3v) is 7.03. The number of ketones is 1. The Labute approximate surface area is 91.2 Å². The second kappa shape index (κ2) is 3.30. The largest absolute Gasteiger partial charge is 0.299 e. The minimum Gasteiger partial charge on any atom is -0.299 e. The molecule has 86 valence electrons. The summed E-state index contributed by atoms with van der Waals surface area (Å²) in [4.78, 5) is 12.0. The number of carbonyl (C=O) groups excluding carboxylic acids is 1. The van der Waals surface area contributed by atoms with Crippen LogP contribution in [0.5, 0.6) is 0 Å². The van der Waals surface area contributed by atoms with Gasteiger partial charge >= 0.3 is 0 Å². The van der Waals surface area contributed by atoms with E-state index in [-0.39, 0.29) is 12.2 Å². The van der Waals surface area contributed by atoms with Crippen molar-refractivity contribution in [2.75, 3.05) is 0 Å². The highest BCUT2D eigenvalue weighted by Crippen LogP contribution is 2.46. The number of fused-ring (bicyclic) bond motifs is 1. The van der Waals surface area contributed by atoms with Crippen molar-refractivity contribution in [2.24, 2.45) is 5.41 Å². The molecule has 4 heteroatoms. The van der Waals surface area contributed by atoms with Crippen LogP contribution in [0.25, 0.3) is 0 Å². The van der Waals surface area contributed by atoms with Gasteiger partial charge in [0.2, 0.25) is 0 Å². The van der Waals surface area contributed by atoms with Crippen LogP contribution in [0, 0.1) is 5.41 Å². The molecule has 0 spiro atoms. The molecule has 0 amide bonds. The van der Waals surface area contributed by atoms with E-state index in [9.17, 15) is 13.2 Å². The summed E-state index contributed by atoms with van der Waals surface area (Å²) in [5.41, 5.74) is -0.580. The summed E-state index contributed by atoms with van der Waals surface area (Å²) >= 11 is 0. The maximum atomic E-state index is 12.1. The van der Waals surface area contributed by atoms with Gasteiger partial charge in [-0.2, -0.15) is 0 Å². The molecule has 2 rings (SSSR count). The first-order valence-electron chi connectivity index (χ1n) is 5.65. The van der Waals surface area contributed by atoms with Crippen LogP contribution in [0.1, 0.15) is 46.0 Å². The summed E-state index contributed by atoms with van der Waals surface area (Å²) < 4.78 is 24.3. The van der Waals surface area contributed by atoms with E-state index in [1.54, 1.807) is 6.92 Å². The van der Waals surface area contributed by atoms with Crippen LogP contribution < -0.4 is 0 Å². The number of hydrogen-bond donors (Lipinski definition) is 0. The molecule has 0 aromatic heterocycles. The Morgan fingerprint density at radius 3 is 2.67 bits per heavy atom. The van der Waals surface area contributed by atoms with Crippen molar-refractivity contribution in [2.45, 2.75) is 56.5 Å². The van der Waals surface area contributed by atoms with E-state index in [1.807, 2.05) is 6.92 Å². The van der Waals surface area contributed by atoms with Crippen LogP contribution >= 0.6 is 0 Å². The monoisotopic (exact) mass is 230 g/mol. The fourth-order valence-electron chi connectivity index (χ4n) is 3.04. The summed E-state index contributed by atoms with van der Waals surface area (Å²) in [7, 11) is -3.07. The molecule has 2 fully saturated rings. The minimum atomic E-state index is -3.07. The minimum absolute atomic E-state index is 0.162. The Bertz CT molecular complexity index is 385. The van der Waals surface area contributed by atoms with Gasteiger partial charge in [-0.15, -0.1) is 0 Å². The number of hydrogen-bond acceptors (Lipinski definition) is 3. The average molecular weight is 230 g/mol. The van der Waals surface area contributed by atoms with Crippen LogP contribution in [0.15, 0.2) is 0 Å². The first-order chi connectivity index (χ1) is 6.89. The summed E-state index contributed by atoms with van der Waals surface area (Å²) in [6, 6.07) is 0. The highest BCUT2D eigenvalue weighted by molar-refractivity contribution is 7.92. The summed E-state index contributed by atoms with van der Waals surface area (Å²) in [6.45, 7) is 3.52. The van der Waals surface area contributed by atoms with E-state index >= 15 is 0 Å². The SMILES string of the molecule is CC1CC(=O)C2(C)CCCCC2S1(=O)=O. The van der Waals surface area contributed by atoms with E-state index in [0.29, 0.717) is 6.42 Å². The van der Waals surface area contributed by atoms with E-state index < -0.39 is 25.8 Å². The maximum absolute atomic E-state index is 12.1. The predicted octanol–water partition coefficient (Wildman–Crippen LogP) is 1.71. The van der Waals surface area contributed by atoms with Gasteiger partial charge in [0.05, 0.1) is 10.5 Å². The normalized spacial score (nSPS) is 44.8. The molecule has 1 aliphatic heterocycles. The van der Waals surface area contributed by atoms with Crippen LogP contribution in [-0.2, 0) is 14.6 Å².